The Morgan fingerprint density at radius 3 is 2.64 bits per heavy atom. The van der Waals surface area contributed by atoms with Gasteiger partial charge in [0, 0.05) is 12.7 Å². The van der Waals surface area contributed by atoms with Gasteiger partial charge in [0.1, 0.15) is 11.7 Å². The van der Waals surface area contributed by atoms with Gasteiger partial charge < -0.3 is 16.0 Å². The van der Waals surface area contributed by atoms with E-state index >= 15 is 0 Å². The summed E-state index contributed by atoms with van der Waals surface area (Å²) in [5.74, 6) is -0.291. The molecule has 3 N–H and O–H groups in total. The molecular formula is C14H18N6O2. The molecular weight excluding hydrogens is 284 g/mol. The van der Waals surface area contributed by atoms with Crippen molar-refractivity contribution in [1.82, 2.24) is 25.6 Å². The lowest BCUT2D eigenvalue weighted by molar-refractivity contribution is -0.117. The number of anilines is 1. The minimum Gasteiger partial charge on any atom is -0.332 e. The Labute approximate surface area is 127 Å². The smallest absolute Gasteiger partial charge is 0.315 e. The minimum absolute atomic E-state index is 0.243. The summed E-state index contributed by atoms with van der Waals surface area (Å²) in [4.78, 5) is 25.1. The first-order valence-corrected chi connectivity index (χ1v) is 6.80. The molecule has 8 heteroatoms. The Bertz CT molecular complexity index is 640. The molecule has 1 unspecified atom stereocenters. The van der Waals surface area contributed by atoms with Crippen molar-refractivity contribution < 1.29 is 9.59 Å². The van der Waals surface area contributed by atoms with Crippen LogP contribution in [0.4, 0.5) is 10.5 Å². The molecule has 8 nitrogen and oxygen atoms in total. The Morgan fingerprint density at radius 1 is 1.27 bits per heavy atom. The molecule has 0 aliphatic heterocycles. The fraction of sp³-hybridized carbons (Fsp3) is 0.286. The number of carbonyl (C=O) groups is 2. The third-order valence-electron chi connectivity index (χ3n) is 2.86. The summed E-state index contributed by atoms with van der Waals surface area (Å²) in [6.45, 7) is 1.85. The molecule has 0 saturated heterocycles. The Morgan fingerprint density at radius 2 is 2.00 bits per heavy atom. The van der Waals surface area contributed by atoms with Crippen LogP contribution in [0.25, 0.3) is 0 Å². The summed E-state index contributed by atoms with van der Waals surface area (Å²) in [6.07, 6.45) is 1.56. The maximum atomic E-state index is 11.9. The van der Waals surface area contributed by atoms with E-state index in [0.717, 1.165) is 0 Å². The van der Waals surface area contributed by atoms with E-state index in [0.29, 0.717) is 11.4 Å². The SMILES string of the molecule is CC(NC(=O)NCc1cnn(C)n1)C(=O)Nc1ccccc1. The number of carbonyl (C=O) groups excluding carboxylic acids is 2. The number of rotatable bonds is 5. The number of hydrogen-bond acceptors (Lipinski definition) is 4. The van der Waals surface area contributed by atoms with Crippen LogP contribution in [0, 0.1) is 0 Å². The highest BCUT2D eigenvalue weighted by Gasteiger charge is 2.15. The van der Waals surface area contributed by atoms with Crippen molar-refractivity contribution in [3.63, 3.8) is 0 Å². The highest BCUT2D eigenvalue weighted by molar-refractivity contribution is 5.96. The van der Waals surface area contributed by atoms with Gasteiger partial charge in [0.15, 0.2) is 0 Å². The molecule has 0 radical (unpaired) electrons. The zero-order valence-electron chi connectivity index (χ0n) is 12.4. The van der Waals surface area contributed by atoms with E-state index in [-0.39, 0.29) is 12.5 Å². The van der Waals surface area contributed by atoms with Crippen molar-refractivity contribution in [2.75, 3.05) is 5.32 Å². The number of nitrogens with one attached hydrogen (secondary N) is 3. The van der Waals surface area contributed by atoms with E-state index < -0.39 is 12.1 Å². The maximum Gasteiger partial charge on any atom is 0.315 e. The Kier molecular flexibility index (Phi) is 5.07. The fourth-order valence-electron chi connectivity index (χ4n) is 1.72. The molecule has 0 aliphatic rings. The molecule has 2 aromatic rings. The second kappa shape index (κ2) is 7.21. The van der Waals surface area contributed by atoms with Gasteiger partial charge in [0.2, 0.25) is 5.91 Å². The molecule has 1 heterocycles. The van der Waals surface area contributed by atoms with Crippen LogP contribution in [0.2, 0.25) is 0 Å². The second-order valence-corrected chi connectivity index (χ2v) is 4.73. The van der Waals surface area contributed by atoms with Crippen LogP contribution in [0.15, 0.2) is 36.5 Å². The van der Waals surface area contributed by atoms with Gasteiger partial charge in [-0.2, -0.15) is 15.0 Å². The van der Waals surface area contributed by atoms with Crippen molar-refractivity contribution in [3.05, 3.63) is 42.2 Å². The normalized spacial score (nSPS) is 11.5. The topological polar surface area (TPSA) is 101 Å². The second-order valence-electron chi connectivity index (χ2n) is 4.73. The summed E-state index contributed by atoms with van der Waals surface area (Å²) in [6, 6.07) is 7.95. The van der Waals surface area contributed by atoms with E-state index in [4.69, 9.17) is 0 Å². The molecule has 0 bridgehead atoms. The average Bonchev–Trinajstić information content (AvgIpc) is 2.92. The Hall–Kier alpha value is -2.90. The van der Waals surface area contributed by atoms with Gasteiger partial charge in [0.05, 0.1) is 12.7 Å². The van der Waals surface area contributed by atoms with Crippen LogP contribution in [0.1, 0.15) is 12.6 Å². The van der Waals surface area contributed by atoms with Crippen molar-refractivity contribution in [3.8, 4) is 0 Å². The number of para-hydroxylation sites is 1. The van der Waals surface area contributed by atoms with Gasteiger partial charge in [-0.15, -0.1) is 0 Å². The van der Waals surface area contributed by atoms with Gasteiger partial charge in [0.25, 0.3) is 0 Å². The van der Waals surface area contributed by atoms with Gasteiger partial charge in [-0.05, 0) is 19.1 Å². The predicted molar refractivity (Wildman–Crippen MR) is 80.9 cm³/mol. The summed E-state index contributed by atoms with van der Waals surface area (Å²) in [5.41, 5.74) is 1.32. The van der Waals surface area contributed by atoms with Gasteiger partial charge in [-0.1, -0.05) is 18.2 Å². The average molecular weight is 302 g/mol. The van der Waals surface area contributed by atoms with Crippen LogP contribution < -0.4 is 16.0 Å². The van der Waals surface area contributed by atoms with Crippen molar-refractivity contribution in [2.45, 2.75) is 19.5 Å². The molecule has 0 saturated carbocycles. The first-order chi connectivity index (χ1) is 10.5. The molecule has 2 rings (SSSR count). The summed E-state index contributed by atoms with van der Waals surface area (Å²) in [7, 11) is 1.69. The van der Waals surface area contributed by atoms with E-state index in [1.807, 2.05) is 18.2 Å². The summed E-state index contributed by atoms with van der Waals surface area (Å²) in [5, 5.41) is 15.8. The van der Waals surface area contributed by atoms with Crippen LogP contribution in [0.3, 0.4) is 0 Å². The van der Waals surface area contributed by atoms with E-state index in [9.17, 15) is 9.59 Å². The number of nitrogens with zero attached hydrogens (tertiary/aromatic N) is 3. The van der Waals surface area contributed by atoms with Crippen LogP contribution in [-0.2, 0) is 18.4 Å². The molecule has 0 spiro atoms. The van der Waals surface area contributed by atoms with Crippen LogP contribution >= 0.6 is 0 Å². The lowest BCUT2D eigenvalue weighted by Gasteiger charge is -2.14. The van der Waals surface area contributed by atoms with Crippen LogP contribution in [0.5, 0.6) is 0 Å². The maximum absolute atomic E-state index is 11.9. The van der Waals surface area contributed by atoms with Gasteiger partial charge in [-0.25, -0.2) is 4.79 Å². The lowest BCUT2D eigenvalue weighted by atomic mass is 10.2. The van der Waals surface area contributed by atoms with Crippen LogP contribution in [-0.4, -0.2) is 33.0 Å². The van der Waals surface area contributed by atoms with E-state index in [2.05, 4.69) is 26.1 Å². The number of hydrogen-bond donors (Lipinski definition) is 3. The number of amides is 3. The summed E-state index contributed by atoms with van der Waals surface area (Å²) < 4.78 is 0. The van der Waals surface area contributed by atoms with E-state index in [1.165, 1.54) is 4.80 Å². The standard InChI is InChI=1S/C14H18N6O2/c1-10(13(21)18-11-6-4-3-5-7-11)17-14(22)15-8-12-9-16-20(2)19-12/h3-7,9-10H,8H2,1-2H3,(H,18,21)(H2,15,17,22). The zero-order valence-corrected chi connectivity index (χ0v) is 12.4. The number of aryl methyl sites for hydroxylation is 1. The van der Waals surface area contributed by atoms with Crippen molar-refractivity contribution in [1.29, 1.82) is 0 Å². The highest BCUT2D eigenvalue weighted by Crippen LogP contribution is 2.05. The lowest BCUT2D eigenvalue weighted by Crippen LogP contribution is -2.46. The monoisotopic (exact) mass is 302 g/mol. The molecule has 1 aromatic carbocycles. The highest BCUT2D eigenvalue weighted by atomic mass is 16.2. The first-order valence-electron chi connectivity index (χ1n) is 6.80. The molecule has 116 valence electrons. The fourth-order valence-corrected chi connectivity index (χ4v) is 1.72. The van der Waals surface area contributed by atoms with Crippen molar-refractivity contribution in [2.24, 2.45) is 7.05 Å². The molecule has 1 atom stereocenters. The molecule has 1 aromatic heterocycles. The molecule has 3 amide bonds. The first kappa shape index (κ1) is 15.5. The van der Waals surface area contributed by atoms with Crippen molar-refractivity contribution >= 4 is 17.6 Å². The predicted octanol–water partition coefficient (Wildman–Crippen LogP) is 0.641. The number of aromatic nitrogens is 3. The molecule has 22 heavy (non-hydrogen) atoms. The number of urea groups is 1. The summed E-state index contributed by atoms with van der Waals surface area (Å²) >= 11 is 0. The van der Waals surface area contributed by atoms with Gasteiger partial charge in [-0.3, -0.25) is 4.79 Å². The Balaban J connectivity index is 1.76. The van der Waals surface area contributed by atoms with Gasteiger partial charge >= 0.3 is 6.03 Å². The third kappa shape index (κ3) is 4.58. The largest absolute Gasteiger partial charge is 0.332 e. The zero-order chi connectivity index (χ0) is 15.9. The molecule has 0 fully saturated rings. The van der Waals surface area contributed by atoms with E-state index in [1.54, 1.807) is 32.3 Å². The third-order valence-corrected chi connectivity index (χ3v) is 2.86. The quantitative estimate of drug-likeness (QED) is 0.754. The number of benzene rings is 1. The minimum atomic E-state index is -0.665. The molecule has 0 aliphatic carbocycles.